The van der Waals surface area contributed by atoms with Crippen LogP contribution in [0.5, 0.6) is 11.5 Å². The molecule has 1 fully saturated rings. The van der Waals surface area contributed by atoms with Crippen LogP contribution in [0, 0.1) is 0 Å². The van der Waals surface area contributed by atoms with Crippen LogP contribution in [0.4, 0.5) is 0 Å². The third-order valence-corrected chi connectivity index (χ3v) is 6.75. The van der Waals surface area contributed by atoms with Crippen molar-refractivity contribution < 1.29 is 9.47 Å². The Hall–Kier alpha value is -3.75. The van der Waals surface area contributed by atoms with Gasteiger partial charge in [0, 0.05) is 32.7 Å². The van der Waals surface area contributed by atoms with Gasteiger partial charge in [-0.1, -0.05) is 54.6 Å². The quantitative estimate of drug-likeness (QED) is 0.359. The van der Waals surface area contributed by atoms with Gasteiger partial charge < -0.3 is 9.47 Å². The number of ether oxygens (including phenoxy) is 2. The molecule has 1 aromatic heterocycles. The van der Waals surface area contributed by atoms with Crippen LogP contribution >= 0.6 is 0 Å². The lowest BCUT2D eigenvalue weighted by Gasteiger charge is -2.39. The van der Waals surface area contributed by atoms with E-state index >= 15 is 0 Å². The normalized spacial score (nSPS) is 15.5. The fraction of sp³-hybridized carbons (Fsp3) is 0.321. The first-order valence-corrected chi connectivity index (χ1v) is 12.3. The van der Waals surface area contributed by atoms with E-state index in [1.54, 1.807) is 14.2 Å². The number of rotatable bonds is 9. The smallest absolute Gasteiger partial charge is 0.173 e. The highest BCUT2D eigenvalue weighted by molar-refractivity contribution is 5.33. The molecule has 5 rings (SSSR count). The molecule has 0 aliphatic carbocycles. The highest BCUT2D eigenvalue weighted by Crippen LogP contribution is 2.30. The monoisotopic (exact) mass is 484 g/mol. The molecule has 36 heavy (non-hydrogen) atoms. The Kier molecular flexibility index (Phi) is 7.54. The lowest BCUT2D eigenvalue weighted by atomic mass is 10.0. The second-order valence-electron chi connectivity index (χ2n) is 9.02. The van der Waals surface area contributed by atoms with Crippen LogP contribution in [0.1, 0.15) is 28.6 Å². The van der Waals surface area contributed by atoms with Crippen LogP contribution in [0.25, 0.3) is 0 Å². The minimum absolute atomic E-state index is 0.0528. The molecular weight excluding hydrogens is 452 g/mol. The Balaban J connectivity index is 1.38. The molecule has 8 nitrogen and oxygen atoms in total. The van der Waals surface area contributed by atoms with Gasteiger partial charge in [-0.15, -0.1) is 5.10 Å². The van der Waals surface area contributed by atoms with Crippen LogP contribution in [-0.4, -0.2) is 70.4 Å². The van der Waals surface area contributed by atoms with E-state index in [-0.39, 0.29) is 6.04 Å². The number of methoxy groups -OCH3 is 2. The first-order valence-electron chi connectivity index (χ1n) is 12.3. The highest BCUT2D eigenvalue weighted by atomic mass is 16.5. The molecule has 1 aliphatic rings. The molecule has 0 unspecified atom stereocenters. The standard InChI is InChI=1S/C28H32N6O2/c1-35-25-12-8-23(9-13-25)21-34-28(29-30-31-34)27(24-10-14-26(36-2)15-11-24)33-18-16-32(17-19-33)20-22-6-4-3-5-7-22/h3-15,27H,16-21H2,1-2H3/t27-/m0/s1. The van der Waals surface area contributed by atoms with Crippen molar-refractivity contribution in [1.29, 1.82) is 0 Å². The number of benzene rings is 3. The van der Waals surface area contributed by atoms with E-state index in [1.807, 2.05) is 28.9 Å². The number of nitrogens with zero attached hydrogens (tertiary/aromatic N) is 6. The maximum absolute atomic E-state index is 5.40. The molecule has 0 bridgehead atoms. The summed E-state index contributed by atoms with van der Waals surface area (Å²) in [5.74, 6) is 2.51. The second kappa shape index (κ2) is 11.3. The van der Waals surface area contributed by atoms with Gasteiger partial charge in [-0.05, 0) is 51.4 Å². The molecule has 8 heteroatoms. The van der Waals surface area contributed by atoms with Crippen molar-refractivity contribution in [3.63, 3.8) is 0 Å². The molecule has 1 atom stereocenters. The zero-order valence-corrected chi connectivity index (χ0v) is 20.8. The first kappa shape index (κ1) is 24.0. The molecule has 2 heterocycles. The van der Waals surface area contributed by atoms with Crippen molar-refractivity contribution in [2.24, 2.45) is 0 Å². The first-order chi connectivity index (χ1) is 17.7. The molecule has 0 N–H and O–H groups in total. The summed E-state index contributed by atoms with van der Waals surface area (Å²) in [6, 6.07) is 26.9. The Morgan fingerprint density at radius 3 is 1.97 bits per heavy atom. The van der Waals surface area contributed by atoms with Gasteiger partial charge >= 0.3 is 0 Å². The largest absolute Gasteiger partial charge is 0.497 e. The summed E-state index contributed by atoms with van der Waals surface area (Å²) >= 11 is 0. The van der Waals surface area contributed by atoms with Crippen molar-refractivity contribution in [2.45, 2.75) is 19.1 Å². The van der Waals surface area contributed by atoms with Crippen LogP contribution in [0.15, 0.2) is 78.9 Å². The van der Waals surface area contributed by atoms with E-state index < -0.39 is 0 Å². The number of tetrazole rings is 1. The molecule has 0 spiro atoms. The van der Waals surface area contributed by atoms with Crippen molar-refractivity contribution >= 4 is 0 Å². The van der Waals surface area contributed by atoms with Crippen molar-refractivity contribution in [3.05, 3.63) is 101 Å². The SMILES string of the molecule is COc1ccc(Cn2nnnc2[C@H](c2ccc(OC)cc2)N2CCN(Cc3ccccc3)CC2)cc1. The number of piperazine rings is 1. The fourth-order valence-electron chi connectivity index (χ4n) is 4.75. The van der Waals surface area contributed by atoms with Gasteiger partial charge in [0.25, 0.3) is 0 Å². The maximum atomic E-state index is 5.40. The lowest BCUT2D eigenvalue weighted by Crippen LogP contribution is -2.48. The van der Waals surface area contributed by atoms with Gasteiger partial charge in [-0.25, -0.2) is 4.68 Å². The summed E-state index contributed by atoms with van der Waals surface area (Å²) < 4.78 is 12.6. The van der Waals surface area contributed by atoms with Gasteiger partial charge in [0.1, 0.15) is 11.5 Å². The number of aromatic nitrogens is 4. The fourth-order valence-corrected chi connectivity index (χ4v) is 4.75. The van der Waals surface area contributed by atoms with Crippen molar-refractivity contribution in [3.8, 4) is 11.5 Å². The van der Waals surface area contributed by atoms with Gasteiger partial charge in [-0.2, -0.15) is 0 Å². The topological polar surface area (TPSA) is 68.5 Å². The average Bonchev–Trinajstić information content (AvgIpc) is 3.38. The summed E-state index contributed by atoms with van der Waals surface area (Å²) in [6.07, 6.45) is 0. The minimum atomic E-state index is -0.0528. The van der Waals surface area contributed by atoms with Crippen LogP contribution in [0.2, 0.25) is 0 Å². The minimum Gasteiger partial charge on any atom is -0.497 e. The van der Waals surface area contributed by atoms with Gasteiger partial charge in [0.15, 0.2) is 5.82 Å². The highest BCUT2D eigenvalue weighted by Gasteiger charge is 2.30. The summed E-state index contributed by atoms with van der Waals surface area (Å²) in [7, 11) is 3.36. The van der Waals surface area contributed by atoms with E-state index in [9.17, 15) is 0 Å². The van der Waals surface area contributed by atoms with Gasteiger partial charge in [0.2, 0.25) is 0 Å². The zero-order chi connectivity index (χ0) is 24.7. The van der Waals surface area contributed by atoms with E-state index in [2.05, 4.69) is 79.9 Å². The van der Waals surface area contributed by atoms with E-state index in [0.29, 0.717) is 6.54 Å². The molecule has 0 radical (unpaired) electrons. The summed E-state index contributed by atoms with van der Waals surface area (Å²) in [5, 5.41) is 13.0. The Morgan fingerprint density at radius 2 is 1.33 bits per heavy atom. The van der Waals surface area contributed by atoms with Crippen LogP contribution in [0.3, 0.4) is 0 Å². The van der Waals surface area contributed by atoms with Crippen LogP contribution < -0.4 is 9.47 Å². The summed E-state index contributed by atoms with van der Waals surface area (Å²) in [5.41, 5.74) is 3.62. The third-order valence-electron chi connectivity index (χ3n) is 6.75. The molecule has 0 amide bonds. The van der Waals surface area contributed by atoms with Crippen molar-refractivity contribution in [1.82, 2.24) is 30.0 Å². The second-order valence-corrected chi connectivity index (χ2v) is 9.02. The molecule has 0 saturated carbocycles. The molecule has 3 aromatic carbocycles. The predicted molar refractivity (Wildman–Crippen MR) is 138 cm³/mol. The van der Waals surface area contributed by atoms with Crippen molar-refractivity contribution in [2.75, 3.05) is 40.4 Å². The zero-order valence-electron chi connectivity index (χ0n) is 20.8. The summed E-state index contributed by atoms with van der Waals surface area (Å²) in [4.78, 5) is 5.00. The summed E-state index contributed by atoms with van der Waals surface area (Å²) in [6.45, 7) is 5.39. The molecule has 1 aliphatic heterocycles. The maximum Gasteiger partial charge on any atom is 0.173 e. The van der Waals surface area contributed by atoms with E-state index in [4.69, 9.17) is 9.47 Å². The van der Waals surface area contributed by atoms with E-state index in [0.717, 1.165) is 61.2 Å². The Bertz CT molecular complexity index is 1220. The average molecular weight is 485 g/mol. The third kappa shape index (κ3) is 5.56. The predicted octanol–water partition coefficient (Wildman–Crippen LogP) is 3.65. The Morgan fingerprint density at radius 1 is 0.722 bits per heavy atom. The number of hydrogen-bond acceptors (Lipinski definition) is 7. The molecule has 186 valence electrons. The number of hydrogen-bond donors (Lipinski definition) is 0. The Labute approximate surface area is 212 Å². The van der Waals surface area contributed by atoms with Gasteiger partial charge in [-0.3, -0.25) is 9.80 Å². The molecule has 4 aromatic rings. The molecule has 1 saturated heterocycles. The van der Waals surface area contributed by atoms with E-state index in [1.165, 1.54) is 5.56 Å². The lowest BCUT2D eigenvalue weighted by molar-refractivity contribution is 0.100. The van der Waals surface area contributed by atoms with Gasteiger partial charge in [0.05, 0.1) is 26.8 Å². The van der Waals surface area contributed by atoms with Crippen LogP contribution in [-0.2, 0) is 13.1 Å². The molecular formula is C28H32N6O2.